The molecular formula is C14H28N2O2. The minimum atomic E-state index is -0.154. The Kier molecular flexibility index (Phi) is 6.65. The van der Waals surface area contributed by atoms with Gasteiger partial charge in [-0.15, -0.1) is 0 Å². The molecule has 1 aliphatic rings. The molecule has 2 atom stereocenters. The fraction of sp³-hybridized carbons (Fsp3) is 0.929. The van der Waals surface area contributed by atoms with Crippen molar-refractivity contribution in [3.8, 4) is 0 Å². The van der Waals surface area contributed by atoms with Gasteiger partial charge in [0, 0.05) is 18.6 Å². The van der Waals surface area contributed by atoms with Crippen molar-refractivity contribution in [2.75, 3.05) is 13.2 Å². The smallest absolute Gasteiger partial charge is 0.220 e. The van der Waals surface area contributed by atoms with Crippen LogP contribution in [-0.4, -0.2) is 30.7 Å². The zero-order valence-electron chi connectivity index (χ0n) is 11.8. The number of rotatable bonds is 7. The highest BCUT2D eigenvalue weighted by molar-refractivity contribution is 5.76. The van der Waals surface area contributed by atoms with Crippen molar-refractivity contribution in [3.05, 3.63) is 0 Å². The summed E-state index contributed by atoms with van der Waals surface area (Å²) in [4.78, 5) is 11.9. The van der Waals surface area contributed by atoms with E-state index in [1.54, 1.807) is 0 Å². The van der Waals surface area contributed by atoms with Gasteiger partial charge in [0.2, 0.25) is 5.91 Å². The number of amides is 1. The molecule has 4 heteroatoms. The fourth-order valence-electron chi connectivity index (χ4n) is 2.37. The molecule has 1 rings (SSSR count). The molecule has 2 unspecified atom stereocenters. The largest absolute Gasteiger partial charge is 0.378 e. The van der Waals surface area contributed by atoms with Crippen LogP contribution in [0.25, 0.3) is 0 Å². The standard InChI is InChI=1S/C14H28N2O2/c1-3-14(2,9-10-15)16-13(17)8-7-12-6-4-5-11-18-12/h12H,3-11,15H2,1-2H3,(H,16,17). The topological polar surface area (TPSA) is 64.3 Å². The number of nitrogens with two attached hydrogens (primary N) is 1. The van der Waals surface area contributed by atoms with Crippen molar-refractivity contribution < 1.29 is 9.53 Å². The average molecular weight is 256 g/mol. The van der Waals surface area contributed by atoms with E-state index >= 15 is 0 Å². The zero-order chi connectivity index (χ0) is 13.4. The third-order valence-corrected chi connectivity index (χ3v) is 3.89. The number of carbonyl (C=O) groups is 1. The number of ether oxygens (including phenoxy) is 1. The normalized spacial score (nSPS) is 23.4. The van der Waals surface area contributed by atoms with Gasteiger partial charge in [-0.1, -0.05) is 6.92 Å². The molecule has 0 aromatic carbocycles. The first kappa shape index (κ1) is 15.4. The van der Waals surface area contributed by atoms with E-state index in [1.807, 2.05) is 0 Å². The van der Waals surface area contributed by atoms with E-state index in [4.69, 9.17) is 10.5 Å². The van der Waals surface area contributed by atoms with Gasteiger partial charge in [-0.3, -0.25) is 4.79 Å². The van der Waals surface area contributed by atoms with Crippen LogP contribution in [-0.2, 0) is 9.53 Å². The van der Waals surface area contributed by atoms with Crippen LogP contribution in [0.15, 0.2) is 0 Å². The lowest BCUT2D eigenvalue weighted by Gasteiger charge is -2.30. The van der Waals surface area contributed by atoms with Gasteiger partial charge < -0.3 is 15.8 Å². The summed E-state index contributed by atoms with van der Waals surface area (Å²) in [7, 11) is 0. The maximum Gasteiger partial charge on any atom is 0.220 e. The Hall–Kier alpha value is -0.610. The molecule has 0 radical (unpaired) electrons. The van der Waals surface area contributed by atoms with E-state index in [0.717, 1.165) is 38.7 Å². The average Bonchev–Trinajstić information content (AvgIpc) is 2.38. The van der Waals surface area contributed by atoms with Crippen molar-refractivity contribution in [2.45, 2.75) is 70.4 Å². The molecule has 1 heterocycles. The SMILES string of the molecule is CCC(C)(CCN)NC(=O)CCC1CCCCO1. The third-order valence-electron chi connectivity index (χ3n) is 3.89. The summed E-state index contributed by atoms with van der Waals surface area (Å²) >= 11 is 0. The minimum absolute atomic E-state index is 0.127. The lowest BCUT2D eigenvalue weighted by Crippen LogP contribution is -2.47. The van der Waals surface area contributed by atoms with Crippen LogP contribution in [0.5, 0.6) is 0 Å². The monoisotopic (exact) mass is 256 g/mol. The summed E-state index contributed by atoms with van der Waals surface area (Å²) in [6.07, 6.45) is 6.91. The molecule has 1 aliphatic heterocycles. The molecule has 0 bridgehead atoms. The van der Waals surface area contributed by atoms with Crippen LogP contribution in [0.2, 0.25) is 0 Å². The van der Waals surface area contributed by atoms with Crippen molar-refractivity contribution in [1.82, 2.24) is 5.32 Å². The molecular weight excluding hydrogens is 228 g/mol. The molecule has 0 spiro atoms. The molecule has 3 N–H and O–H groups in total. The molecule has 1 saturated heterocycles. The second kappa shape index (κ2) is 7.74. The summed E-state index contributed by atoms with van der Waals surface area (Å²) in [5.41, 5.74) is 5.43. The number of nitrogens with one attached hydrogen (secondary N) is 1. The van der Waals surface area contributed by atoms with Crippen LogP contribution in [0.3, 0.4) is 0 Å². The molecule has 18 heavy (non-hydrogen) atoms. The van der Waals surface area contributed by atoms with Crippen LogP contribution < -0.4 is 11.1 Å². The Morgan fingerprint density at radius 1 is 1.50 bits per heavy atom. The van der Waals surface area contributed by atoms with Crippen LogP contribution in [0.4, 0.5) is 0 Å². The predicted molar refractivity (Wildman–Crippen MR) is 73.3 cm³/mol. The second-order valence-corrected chi connectivity index (χ2v) is 5.53. The van der Waals surface area contributed by atoms with E-state index in [1.165, 1.54) is 6.42 Å². The van der Waals surface area contributed by atoms with E-state index in [9.17, 15) is 4.79 Å². The quantitative estimate of drug-likeness (QED) is 0.732. The van der Waals surface area contributed by atoms with E-state index < -0.39 is 0 Å². The first-order valence-corrected chi connectivity index (χ1v) is 7.22. The molecule has 0 saturated carbocycles. The maximum atomic E-state index is 11.9. The first-order valence-electron chi connectivity index (χ1n) is 7.22. The third kappa shape index (κ3) is 5.36. The van der Waals surface area contributed by atoms with Gasteiger partial charge >= 0.3 is 0 Å². The molecule has 0 aromatic rings. The van der Waals surface area contributed by atoms with Crippen molar-refractivity contribution in [1.29, 1.82) is 0 Å². The van der Waals surface area contributed by atoms with E-state index in [-0.39, 0.29) is 17.6 Å². The summed E-state index contributed by atoms with van der Waals surface area (Å²) in [5.74, 6) is 0.127. The summed E-state index contributed by atoms with van der Waals surface area (Å²) in [6.45, 7) is 5.61. The fourth-order valence-corrected chi connectivity index (χ4v) is 2.37. The van der Waals surface area contributed by atoms with Gasteiger partial charge in [-0.05, 0) is 52.0 Å². The Bertz CT molecular complexity index is 252. The lowest BCUT2D eigenvalue weighted by atomic mass is 9.94. The van der Waals surface area contributed by atoms with Gasteiger partial charge in [0.1, 0.15) is 0 Å². The highest BCUT2D eigenvalue weighted by Gasteiger charge is 2.24. The highest BCUT2D eigenvalue weighted by atomic mass is 16.5. The van der Waals surface area contributed by atoms with E-state index in [2.05, 4.69) is 19.2 Å². The maximum absolute atomic E-state index is 11.9. The Morgan fingerprint density at radius 3 is 2.83 bits per heavy atom. The highest BCUT2D eigenvalue weighted by Crippen LogP contribution is 2.18. The molecule has 1 fully saturated rings. The zero-order valence-corrected chi connectivity index (χ0v) is 11.8. The van der Waals surface area contributed by atoms with Crippen molar-refractivity contribution in [3.63, 3.8) is 0 Å². The van der Waals surface area contributed by atoms with Crippen LogP contribution in [0.1, 0.15) is 58.8 Å². The number of hydrogen-bond acceptors (Lipinski definition) is 3. The van der Waals surface area contributed by atoms with Gasteiger partial charge in [0.05, 0.1) is 6.10 Å². The summed E-state index contributed by atoms with van der Waals surface area (Å²) in [5, 5.41) is 3.11. The molecule has 1 amide bonds. The lowest BCUT2D eigenvalue weighted by molar-refractivity contribution is -0.124. The van der Waals surface area contributed by atoms with E-state index in [0.29, 0.717) is 13.0 Å². The van der Waals surface area contributed by atoms with Gasteiger partial charge in [0.15, 0.2) is 0 Å². The molecule has 106 valence electrons. The van der Waals surface area contributed by atoms with Crippen molar-refractivity contribution in [2.24, 2.45) is 5.73 Å². The molecule has 0 aromatic heterocycles. The predicted octanol–water partition coefficient (Wildman–Crippen LogP) is 1.97. The molecule has 0 aliphatic carbocycles. The minimum Gasteiger partial charge on any atom is -0.378 e. The summed E-state index contributed by atoms with van der Waals surface area (Å²) < 4.78 is 5.63. The second-order valence-electron chi connectivity index (χ2n) is 5.53. The Morgan fingerprint density at radius 2 is 2.28 bits per heavy atom. The van der Waals surface area contributed by atoms with Gasteiger partial charge in [0.25, 0.3) is 0 Å². The van der Waals surface area contributed by atoms with Crippen LogP contribution >= 0.6 is 0 Å². The molecule has 4 nitrogen and oxygen atoms in total. The van der Waals surface area contributed by atoms with Gasteiger partial charge in [-0.25, -0.2) is 0 Å². The van der Waals surface area contributed by atoms with Crippen LogP contribution in [0, 0.1) is 0 Å². The number of hydrogen-bond donors (Lipinski definition) is 2. The Labute approximate surface area is 111 Å². The first-order chi connectivity index (χ1) is 8.59. The summed E-state index contributed by atoms with van der Waals surface area (Å²) in [6, 6.07) is 0. The van der Waals surface area contributed by atoms with Gasteiger partial charge in [-0.2, -0.15) is 0 Å². The Balaban J connectivity index is 2.27. The van der Waals surface area contributed by atoms with Crippen molar-refractivity contribution >= 4 is 5.91 Å². The number of carbonyl (C=O) groups excluding carboxylic acids is 1.